The number of unbranched alkanes of at least 4 members (excludes halogenated alkanes) is 1. The molecule has 0 saturated carbocycles. The Kier molecular flexibility index (Phi) is 7.28. The Morgan fingerprint density at radius 1 is 1.26 bits per heavy atom. The van der Waals surface area contributed by atoms with Crippen molar-refractivity contribution in [3.05, 3.63) is 0 Å². The van der Waals surface area contributed by atoms with Crippen LogP contribution in [0.1, 0.15) is 46.5 Å². The molecule has 0 unspecified atom stereocenters. The number of nitrogens with zero attached hydrogens (tertiary/aromatic N) is 1. The average Bonchev–Trinajstić information content (AvgIpc) is 2.37. The first-order valence-corrected chi connectivity index (χ1v) is 8.87. The lowest BCUT2D eigenvalue weighted by Crippen LogP contribution is -2.46. The van der Waals surface area contributed by atoms with E-state index in [0.29, 0.717) is 31.6 Å². The highest BCUT2D eigenvalue weighted by atomic mass is 32.2. The van der Waals surface area contributed by atoms with E-state index >= 15 is 0 Å². The molecule has 6 heteroatoms. The van der Waals surface area contributed by atoms with Crippen LogP contribution in [0.5, 0.6) is 0 Å². The summed E-state index contributed by atoms with van der Waals surface area (Å²) in [5, 5.41) is 3.43. The van der Waals surface area contributed by atoms with Gasteiger partial charge in [-0.05, 0) is 31.7 Å². The molecule has 1 heterocycles. The molecule has 1 aliphatic heterocycles. The molecule has 1 rings (SSSR count). The molecule has 0 bridgehead atoms. The third kappa shape index (κ3) is 6.21. The number of hydrogen-bond donors (Lipinski definition) is 2. The molecule has 0 aromatic carbocycles. The van der Waals surface area contributed by atoms with Gasteiger partial charge in [0.15, 0.2) is 0 Å². The van der Waals surface area contributed by atoms with E-state index < -0.39 is 10.2 Å². The molecule has 0 aliphatic carbocycles. The highest BCUT2D eigenvalue weighted by molar-refractivity contribution is 7.87. The molecule has 0 spiro atoms. The van der Waals surface area contributed by atoms with Gasteiger partial charge >= 0.3 is 0 Å². The molecule has 2 N–H and O–H groups in total. The maximum atomic E-state index is 12.0. The second-order valence-electron chi connectivity index (χ2n) is 5.66. The fourth-order valence-electron chi connectivity index (χ4n) is 2.23. The molecule has 1 aliphatic rings. The van der Waals surface area contributed by atoms with E-state index in [1.54, 1.807) is 4.31 Å². The van der Waals surface area contributed by atoms with Crippen LogP contribution in [-0.2, 0) is 10.2 Å². The van der Waals surface area contributed by atoms with Gasteiger partial charge in [-0.3, -0.25) is 0 Å². The van der Waals surface area contributed by atoms with E-state index in [9.17, 15) is 8.42 Å². The Morgan fingerprint density at radius 3 is 2.42 bits per heavy atom. The molecule has 0 aromatic rings. The molecule has 0 aromatic heterocycles. The second-order valence-corrected chi connectivity index (χ2v) is 7.41. The maximum absolute atomic E-state index is 12.0. The van der Waals surface area contributed by atoms with Gasteiger partial charge in [-0.2, -0.15) is 12.7 Å². The lowest BCUT2D eigenvalue weighted by atomic mass is 9.98. The van der Waals surface area contributed by atoms with E-state index in [-0.39, 0.29) is 0 Å². The van der Waals surface area contributed by atoms with Crippen LogP contribution in [-0.4, -0.2) is 44.9 Å². The number of hydrogen-bond acceptors (Lipinski definition) is 3. The van der Waals surface area contributed by atoms with Gasteiger partial charge in [0.1, 0.15) is 0 Å². The minimum absolute atomic E-state index is 0.498. The van der Waals surface area contributed by atoms with Gasteiger partial charge in [-0.15, -0.1) is 0 Å². The van der Waals surface area contributed by atoms with E-state index in [4.69, 9.17) is 0 Å². The summed E-state index contributed by atoms with van der Waals surface area (Å²) in [6.07, 6.45) is 3.81. The summed E-state index contributed by atoms with van der Waals surface area (Å²) in [5.74, 6) is 0.601. The Hall–Kier alpha value is -0.170. The Morgan fingerprint density at radius 2 is 1.89 bits per heavy atom. The van der Waals surface area contributed by atoms with Crippen molar-refractivity contribution in [2.45, 2.75) is 52.5 Å². The summed E-state index contributed by atoms with van der Waals surface area (Å²) in [6.45, 7) is 9.16. The molecule has 114 valence electrons. The van der Waals surface area contributed by atoms with Crippen molar-refractivity contribution in [1.82, 2.24) is 14.3 Å². The van der Waals surface area contributed by atoms with Gasteiger partial charge in [0, 0.05) is 25.7 Å². The highest BCUT2D eigenvalue weighted by Gasteiger charge is 2.27. The van der Waals surface area contributed by atoms with Gasteiger partial charge < -0.3 is 5.32 Å². The van der Waals surface area contributed by atoms with E-state index in [1.807, 2.05) is 0 Å². The predicted octanol–water partition coefficient (Wildman–Crippen LogP) is 1.33. The van der Waals surface area contributed by atoms with Crippen LogP contribution in [0.4, 0.5) is 0 Å². The number of rotatable bonds is 8. The maximum Gasteiger partial charge on any atom is 0.279 e. The fourth-order valence-corrected chi connectivity index (χ4v) is 3.50. The Bertz CT molecular complexity index is 336. The van der Waals surface area contributed by atoms with Crippen molar-refractivity contribution in [2.24, 2.45) is 5.92 Å². The average molecular weight is 291 g/mol. The van der Waals surface area contributed by atoms with Crippen molar-refractivity contribution in [1.29, 1.82) is 0 Å². The topological polar surface area (TPSA) is 61.4 Å². The molecule has 1 saturated heterocycles. The molecule has 5 nitrogen and oxygen atoms in total. The Labute approximate surface area is 118 Å². The first kappa shape index (κ1) is 16.9. The smallest absolute Gasteiger partial charge is 0.279 e. The van der Waals surface area contributed by atoms with E-state index in [2.05, 4.69) is 30.8 Å². The zero-order valence-corrected chi connectivity index (χ0v) is 13.3. The van der Waals surface area contributed by atoms with Crippen LogP contribution in [0.2, 0.25) is 0 Å². The number of piperidine rings is 1. The molecule has 1 fully saturated rings. The lowest BCUT2D eigenvalue weighted by Gasteiger charge is -2.31. The zero-order chi connectivity index (χ0) is 14.3. The molecular weight excluding hydrogens is 262 g/mol. The van der Waals surface area contributed by atoms with Crippen molar-refractivity contribution in [3.8, 4) is 0 Å². The van der Waals surface area contributed by atoms with E-state index in [1.165, 1.54) is 0 Å². The summed E-state index contributed by atoms with van der Waals surface area (Å²) >= 11 is 0. The fraction of sp³-hybridized carbons (Fsp3) is 1.00. The zero-order valence-electron chi connectivity index (χ0n) is 12.5. The predicted molar refractivity (Wildman–Crippen MR) is 79.3 cm³/mol. The van der Waals surface area contributed by atoms with Crippen LogP contribution < -0.4 is 10.0 Å². The summed E-state index contributed by atoms with van der Waals surface area (Å²) in [7, 11) is -3.25. The summed E-state index contributed by atoms with van der Waals surface area (Å²) in [5.41, 5.74) is 0. The molecule has 0 amide bonds. The van der Waals surface area contributed by atoms with Crippen LogP contribution in [0, 0.1) is 5.92 Å². The first-order valence-electron chi connectivity index (χ1n) is 7.43. The first-order chi connectivity index (χ1) is 8.95. The summed E-state index contributed by atoms with van der Waals surface area (Å²) in [4.78, 5) is 0. The van der Waals surface area contributed by atoms with Gasteiger partial charge in [0.2, 0.25) is 0 Å². The summed E-state index contributed by atoms with van der Waals surface area (Å²) < 4.78 is 28.3. The molecule has 0 radical (unpaired) electrons. The van der Waals surface area contributed by atoms with E-state index in [0.717, 1.165) is 32.2 Å². The van der Waals surface area contributed by atoms with Gasteiger partial charge in [-0.25, -0.2) is 4.72 Å². The van der Waals surface area contributed by atoms with Crippen LogP contribution in [0.3, 0.4) is 0 Å². The van der Waals surface area contributed by atoms with Crippen LogP contribution in [0.15, 0.2) is 0 Å². The number of nitrogens with one attached hydrogen (secondary N) is 2. The van der Waals surface area contributed by atoms with Crippen molar-refractivity contribution >= 4 is 10.2 Å². The SMILES string of the molecule is CCCCNS(=O)(=O)N1CCC(CNC(C)C)CC1. The van der Waals surface area contributed by atoms with Crippen LogP contribution >= 0.6 is 0 Å². The molecule has 19 heavy (non-hydrogen) atoms. The lowest BCUT2D eigenvalue weighted by molar-refractivity contribution is 0.261. The third-order valence-electron chi connectivity index (χ3n) is 3.54. The second kappa shape index (κ2) is 8.19. The largest absolute Gasteiger partial charge is 0.314 e. The molecular formula is C13H29N3O2S. The van der Waals surface area contributed by atoms with Gasteiger partial charge in [0.25, 0.3) is 10.2 Å². The minimum Gasteiger partial charge on any atom is -0.314 e. The summed E-state index contributed by atoms with van der Waals surface area (Å²) in [6, 6.07) is 0.498. The van der Waals surface area contributed by atoms with Crippen molar-refractivity contribution in [2.75, 3.05) is 26.2 Å². The van der Waals surface area contributed by atoms with Crippen molar-refractivity contribution in [3.63, 3.8) is 0 Å². The quantitative estimate of drug-likeness (QED) is 0.663. The monoisotopic (exact) mass is 291 g/mol. The van der Waals surface area contributed by atoms with Gasteiger partial charge in [-0.1, -0.05) is 27.2 Å². The standard InChI is InChI=1S/C13H29N3O2S/c1-4-5-8-15-19(17,18)16-9-6-13(7-10-16)11-14-12(2)3/h12-15H,4-11H2,1-3H3. The van der Waals surface area contributed by atoms with Crippen molar-refractivity contribution < 1.29 is 8.42 Å². The van der Waals surface area contributed by atoms with Gasteiger partial charge in [0.05, 0.1) is 0 Å². The minimum atomic E-state index is -3.25. The van der Waals surface area contributed by atoms with Crippen LogP contribution in [0.25, 0.3) is 0 Å². The third-order valence-corrected chi connectivity index (χ3v) is 5.16. The Balaban J connectivity index is 2.32. The normalized spacial score (nSPS) is 19.2. The highest BCUT2D eigenvalue weighted by Crippen LogP contribution is 2.18. The molecule has 0 atom stereocenters.